The second-order valence-corrected chi connectivity index (χ2v) is 6.49. The molecule has 0 fully saturated rings. The van der Waals surface area contributed by atoms with Crippen molar-refractivity contribution >= 4 is 49.5 Å². The molecule has 3 N–H and O–H groups in total. The molecule has 7 heteroatoms. The van der Waals surface area contributed by atoms with Gasteiger partial charge in [-0.15, -0.1) is 0 Å². The fourth-order valence-electron chi connectivity index (χ4n) is 1.88. The molecule has 116 valence electrons. The van der Waals surface area contributed by atoms with Crippen molar-refractivity contribution in [1.29, 1.82) is 0 Å². The average molecular weight is 422 g/mol. The molecule has 0 heterocycles. The van der Waals surface area contributed by atoms with Crippen LogP contribution in [0.4, 0.5) is 10.5 Å². The number of benzene rings is 1. The minimum Gasteiger partial charge on any atom is -0.481 e. The molecule has 0 atom stereocenters. The molecule has 1 aromatic carbocycles. The first-order chi connectivity index (χ1) is 9.84. The van der Waals surface area contributed by atoms with Gasteiger partial charge in [0.05, 0.1) is 11.1 Å². The van der Waals surface area contributed by atoms with E-state index in [0.717, 1.165) is 8.95 Å². The molecule has 1 rings (SSSR count). The number of anilines is 1. The Hall–Kier alpha value is -1.08. The van der Waals surface area contributed by atoms with Crippen LogP contribution in [0.1, 0.15) is 26.7 Å². The standard InChI is InChI=1S/C14H18Br2N2O3/c1-3-14(4-2,12(19)20)8-17-13(21)18-11-6-5-9(15)7-10(11)16/h5-7H,3-4,8H2,1-2H3,(H,19,20)(H2,17,18,21). The summed E-state index contributed by atoms with van der Waals surface area (Å²) in [4.78, 5) is 23.3. The second kappa shape index (κ2) is 7.79. The minimum absolute atomic E-state index is 0.0926. The van der Waals surface area contributed by atoms with Crippen LogP contribution in [0.2, 0.25) is 0 Å². The summed E-state index contributed by atoms with van der Waals surface area (Å²) in [6, 6.07) is 4.94. The van der Waals surface area contributed by atoms with Crippen LogP contribution in [0.3, 0.4) is 0 Å². The number of halogens is 2. The van der Waals surface area contributed by atoms with E-state index in [0.29, 0.717) is 18.5 Å². The third-order valence-electron chi connectivity index (χ3n) is 3.57. The van der Waals surface area contributed by atoms with Crippen molar-refractivity contribution in [1.82, 2.24) is 5.32 Å². The molecule has 0 radical (unpaired) electrons. The van der Waals surface area contributed by atoms with E-state index < -0.39 is 17.4 Å². The van der Waals surface area contributed by atoms with Crippen LogP contribution in [0, 0.1) is 5.41 Å². The number of carboxylic acids is 1. The van der Waals surface area contributed by atoms with Crippen molar-refractivity contribution in [3.05, 3.63) is 27.1 Å². The van der Waals surface area contributed by atoms with E-state index in [1.807, 2.05) is 19.9 Å². The molecule has 21 heavy (non-hydrogen) atoms. The van der Waals surface area contributed by atoms with Crippen molar-refractivity contribution in [2.45, 2.75) is 26.7 Å². The summed E-state index contributed by atoms with van der Waals surface area (Å²) in [6.07, 6.45) is 0.919. The maximum absolute atomic E-state index is 11.9. The van der Waals surface area contributed by atoms with Gasteiger partial charge in [-0.25, -0.2) is 4.79 Å². The first-order valence-electron chi connectivity index (χ1n) is 6.58. The van der Waals surface area contributed by atoms with Crippen molar-refractivity contribution in [2.75, 3.05) is 11.9 Å². The van der Waals surface area contributed by atoms with E-state index in [2.05, 4.69) is 42.5 Å². The molecule has 0 aliphatic heterocycles. The van der Waals surface area contributed by atoms with Crippen molar-refractivity contribution in [3.8, 4) is 0 Å². The van der Waals surface area contributed by atoms with Gasteiger partial charge >= 0.3 is 12.0 Å². The fraction of sp³-hybridized carbons (Fsp3) is 0.429. The van der Waals surface area contributed by atoms with Crippen LogP contribution >= 0.6 is 31.9 Å². The molecule has 0 unspecified atom stereocenters. The van der Waals surface area contributed by atoms with Gasteiger partial charge in [0.15, 0.2) is 0 Å². The third-order valence-corrected chi connectivity index (χ3v) is 4.72. The number of hydrogen-bond donors (Lipinski definition) is 3. The number of carbonyl (C=O) groups is 2. The molecule has 0 saturated heterocycles. The molecule has 0 bridgehead atoms. The number of nitrogens with one attached hydrogen (secondary N) is 2. The first-order valence-corrected chi connectivity index (χ1v) is 8.16. The van der Waals surface area contributed by atoms with Crippen molar-refractivity contribution in [2.24, 2.45) is 5.41 Å². The van der Waals surface area contributed by atoms with E-state index >= 15 is 0 Å². The number of amides is 2. The summed E-state index contributed by atoms with van der Waals surface area (Å²) < 4.78 is 1.63. The predicted octanol–water partition coefficient (Wildman–Crippen LogP) is 4.22. The zero-order chi connectivity index (χ0) is 16.0. The van der Waals surface area contributed by atoms with Crippen molar-refractivity contribution < 1.29 is 14.7 Å². The lowest BCUT2D eigenvalue weighted by Gasteiger charge is -2.26. The number of aliphatic carboxylic acids is 1. The summed E-state index contributed by atoms with van der Waals surface area (Å²) in [7, 11) is 0. The highest BCUT2D eigenvalue weighted by molar-refractivity contribution is 9.11. The molecule has 2 amide bonds. The number of hydrogen-bond acceptors (Lipinski definition) is 2. The highest BCUT2D eigenvalue weighted by Gasteiger charge is 2.35. The van der Waals surface area contributed by atoms with Gasteiger partial charge in [-0.2, -0.15) is 0 Å². The lowest BCUT2D eigenvalue weighted by atomic mass is 9.82. The Morgan fingerprint density at radius 2 is 1.86 bits per heavy atom. The van der Waals surface area contributed by atoms with Crippen LogP contribution in [0.5, 0.6) is 0 Å². The van der Waals surface area contributed by atoms with Crippen LogP contribution in [0.25, 0.3) is 0 Å². The molecular formula is C14H18Br2N2O3. The van der Waals surface area contributed by atoms with Crippen molar-refractivity contribution in [3.63, 3.8) is 0 Å². The Morgan fingerprint density at radius 1 is 1.24 bits per heavy atom. The Morgan fingerprint density at radius 3 is 2.33 bits per heavy atom. The van der Waals surface area contributed by atoms with Gasteiger partial charge in [-0.1, -0.05) is 29.8 Å². The van der Waals surface area contributed by atoms with E-state index in [-0.39, 0.29) is 6.54 Å². The number of carboxylic acid groups (broad SMARTS) is 1. The van der Waals surface area contributed by atoms with Crippen LogP contribution in [-0.4, -0.2) is 23.7 Å². The van der Waals surface area contributed by atoms with Gasteiger partial charge < -0.3 is 15.7 Å². The summed E-state index contributed by atoms with van der Waals surface area (Å²) in [6.45, 7) is 3.71. The van der Waals surface area contributed by atoms with Gasteiger partial charge in [0, 0.05) is 15.5 Å². The summed E-state index contributed by atoms with van der Waals surface area (Å²) in [5.41, 5.74) is -0.307. The Bertz CT molecular complexity index is 531. The van der Waals surface area contributed by atoms with E-state index in [4.69, 9.17) is 0 Å². The zero-order valence-electron chi connectivity index (χ0n) is 11.9. The van der Waals surface area contributed by atoms with Gasteiger partial charge in [0.1, 0.15) is 0 Å². The number of carbonyl (C=O) groups excluding carboxylic acids is 1. The predicted molar refractivity (Wildman–Crippen MR) is 89.5 cm³/mol. The van der Waals surface area contributed by atoms with E-state index in [9.17, 15) is 14.7 Å². The first kappa shape index (κ1) is 18.0. The molecule has 0 spiro atoms. The van der Waals surface area contributed by atoms with Crippen LogP contribution in [0.15, 0.2) is 27.1 Å². The fourth-order valence-corrected chi connectivity index (χ4v) is 3.03. The largest absolute Gasteiger partial charge is 0.481 e. The number of rotatable bonds is 6. The summed E-state index contributed by atoms with van der Waals surface area (Å²) >= 11 is 6.68. The molecule has 0 aliphatic rings. The topological polar surface area (TPSA) is 78.4 Å². The molecule has 0 aliphatic carbocycles. The van der Waals surface area contributed by atoms with Gasteiger partial charge in [-0.05, 0) is 47.0 Å². The molecule has 0 saturated carbocycles. The SMILES string of the molecule is CCC(CC)(CNC(=O)Nc1ccc(Br)cc1Br)C(=O)O. The minimum atomic E-state index is -0.922. The molecule has 0 aromatic heterocycles. The smallest absolute Gasteiger partial charge is 0.319 e. The summed E-state index contributed by atoms with van der Waals surface area (Å²) in [5, 5.41) is 14.6. The lowest BCUT2D eigenvalue weighted by Crippen LogP contribution is -2.43. The van der Waals surface area contributed by atoms with Crippen LogP contribution in [-0.2, 0) is 4.79 Å². The molecule has 5 nitrogen and oxygen atoms in total. The Balaban J connectivity index is 2.67. The average Bonchev–Trinajstić information content (AvgIpc) is 2.43. The maximum atomic E-state index is 11.9. The quantitative estimate of drug-likeness (QED) is 0.643. The highest BCUT2D eigenvalue weighted by atomic mass is 79.9. The molecular weight excluding hydrogens is 404 g/mol. The van der Waals surface area contributed by atoms with Gasteiger partial charge in [0.2, 0.25) is 0 Å². The Kier molecular flexibility index (Phi) is 6.67. The lowest BCUT2D eigenvalue weighted by molar-refractivity contribution is -0.149. The third kappa shape index (κ3) is 4.71. The molecule has 1 aromatic rings. The Labute approximate surface area is 140 Å². The summed E-state index contributed by atoms with van der Waals surface area (Å²) in [5.74, 6) is -0.891. The highest BCUT2D eigenvalue weighted by Crippen LogP contribution is 2.27. The van der Waals surface area contributed by atoms with E-state index in [1.165, 1.54) is 0 Å². The van der Waals surface area contributed by atoms with Crippen LogP contribution < -0.4 is 10.6 Å². The maximum Gasteiger partial charge on any atom is 0.319 e. The monoisotopic (exact) mass is 420 g/mol. The van der Waals surface area contributed by atoms with Gasteiger partial charge in [-0.3, -0.25) is 4.79 Å². The zero-order valence-corrected chi connectivity index (χ0v) is 15.0. The van der Waals surface area contributed by atoms with Gasteiger partial charge in [0.25, 0.3) is 0 Å². The normalized spacial score (nSPS) is 11.0. The second-order valence-electron chi connectivity index (χ2n) is 4.72. The number of urea groups is 1. The van der Waals surface area contributed by atoms with E-state index in [1.54, 1.807) is 12.1 Å².